The van der Waals surface area contributed by atoms with Crippen LogP contribution in [0.4, 0.5) is 10.5 Å². The largest absolute Gasteiger partial charge is 0.497 e. The smallest absolute Gasteiger partial charge is 0.408 e. The summed E-state index contributed by atoms with van der Waals surface area (Å²) in [5.74, 6) is -7.99. The quantitative estimate of drug-likeness (QED) is 0.0210. The second-order valence-electron chi connectivity index (χ2n) is 25.6. The lowest BCUT2D eigenvalue weighted by Crippen LogP contribution is -2.56. The predicted octanol–water partition coefficient (Wildman–Crippen LogP) is 7.32. The maximum Gasteiger partial charge on any atom is 0.408 e. The van der Waals surface area contributed by atoms with E-state index in [1.54, 1.807) is 39.8 Å². The lowest BCUT2D eigenvalue weighted by Gasteiger charge is -2.32. The highest BCUT2D eigenvalue weighted by molar-refractivity contribution is 5.99. The van der Waals surface area contributed by atoms with Crippen LogP contribution in [0.15, 0.2) is 115 Å². The van der Waals surface area contributed by atoms with E-state index in [9.17, 15) is 25.1 Å². The number of hydrogen-bond donors (Lipinski definition) is 9. The Bertz CT molecular complexity index is 4570. The van der Waals surface area contributed by atoms with Crippen LogP contribution < -0.4 is 79.8 Å². The number of aliphatic hydroxyl groups excluding tert-OH is 2. The molecule has 0 spiro atoms. The highest BCUT2D eigenvalue weighted by Crippen LogP contribution is 2.49. The Kier molecular flexibility index (Phi) is 22.7. The molecule has 9 atom stereocenters. The van der Waals surface area contributed by atoms with Crippen LogP contribution in [-0.4, -0.2) is 151 Å². The van der Waals surface area contributed by atoms with Gasteiger partial charge in [-0.2, -0.15) is 0 Å². The Balaban J connectivity index is 1.16. The number of nitrogens with zero attached hydrogens (tertiary/aromatic N) is 1. The van der Waals surface area contributed by atoms with Crippen molar-refractivity contribution in [3.05, 3.63) is 170 Å². The molecule has 0 fully saturated rings. The summed E-state index contributed by atoms with van der Waals surface area (Å²) in [4.78, 5) is 121. The molecule has 32 heteroatoms. The molecule has 0 saturated carbocycles. The van der Waals surface area contributed by atoms with Crippen molar-refractivity contribution in [2.24, 2.45) is 0 Å². The number of nitrogens with one attached hydrogen (secondary N) is 7. The van der Waals surface area contributed by atoms with Gasteiger partial charge in [0, 0.05) is 35.9 Å². The van der Waals surface area contributed by atoms with Crippen molar-refractivity contribution in [2.45, 2.75) is 87.8 Å². The number of carbonyl (C=O) groups is 7. The molecule has 9 N–H and O–H groups in total. The van der Waals surface area contributed by atoms with Crippen molar-refractivity contribution in [3.63, 3.8) is 0 Å². The van der Waals surface area contributed by atoms with Crippen LogP contribution in [0.25, 0.3) is 11.1 Å². The molecule has 6 aliphatic rings. The molecule has 106 heavy (non-hydrogen) atoms. The van der Waals surface area contributed by atoms with Crippen molar-refractivity contribution >= 4 is 47.2 Å². The minimum absolute atomic E-state index is 0.000331. The van der Waals surface area contributed by atoms with Crippen LogP contribution in [0.1, 0.15) is 108 Å². The van der Waals surface area contributed by atoms with Gasteiger partial charge in [-0.15, -0.1) is 0 Å². The molecule has 7 aromatic carbocycles. The number of fused-ring (bicyclic) bond motifs is 14. The summed E-state index contributed by atoms with van der Waals surface area (Å²) in [7, 11) is 9.56. The Morgan fingerprint density at radius 3 is 1.72 bits per heavy atom. The second kappa shape index (κ2) is 32.0. The SMILES string of the molecule is COCCOCOC[C@H]1NC(=O)[C@H]2NC(=O)[C@H](NC(=O)[C@@H]3NC(=O)[C@H]4NC(=O)[C@H](NC(=O)[C@H](NC(=O)OC(C)(C)C)c5ccc(OC)c(c5)Oc5cc4cc(OC)c5C)[C@H](O)c4ccc(c([N+](=O)[O-])c4)Oc4cc3cc(c4OC)Oc3ccc(cc3)[C@H]2O)c2ccc(OC)c(c2)-c2c(OC)cc(OC)cc21. The molecule has 0 aliphatic carbocycles. The summed E-state index contributed by atoms with van der Waals surface area (Å²) in [5, 5.41) is 57.5. The number of rotatable bonds is 15. The van der Waals surface area contributed by atoms with Crippen LogP contribution in [0.5, 0.6) is 69.0 Å². The third-order valence-electron chi connectivity index (χ3n) is 17.7. The molecule has 32 nitrogen and oxygen atoms in total. The van der Waals surface area contributed by atoms with E-state index in [4.69, 9.17) is 61.6 Å². The first-order valence-electron chi connectivity index (χ1n) is 33.0. The molecule has 6 aliphatic heterocycles. The van der Waals surface area contributed by atoms with E-state index >= 15 is 28.8 Å². The zero-order valence-electron chi connectivity index (χ0n) is 59.3. The first kappa shape index (κ1) is 75.2. The van der Waals surface area contributed by atoms with Crippen LogP contribution in [0, 0.1) is 17.0 Å². The van der Waals surface area contributed by atoms with E-state index < -0.39 is 124 Å². The molecular formula is C74H78N8O24. The zero-order valence-corrected chi connectivity index (χ0v) is 59.3. The number of amides is 7. The average molecular weight is 1460 g/mol. The molecule has 6 heterocycles. The van der Waals surface area contributed by atoms with E-state index in [1.807, 2.05) is 0 Å². The standard InChI is InChI=1S/C74H78N8O24/c1-35-51(98-9)27-40-28-52(35)105-53-26-38(15-21-50(53)97-8)59(81-73(91)106-74(2,3)4)68(86)80-63-65(84)39-16-20-49(47(25-39)82(92)93)104-56-30-41-29-55(66(56)100-11)103-42-17-12-36(13-18-42)64(83)62-71(89)75-46(33-102-34-101-23-22-94-5)44-31-43(95-6)32-54(99-10)57(44)45-24-37(14-19-48(45)96-7)58(67(85)79-62)76-69(87)61(41)77-70(88)60(40)78-72(63)90/h12-21,24-32,46,58-65,83-84H,22-23,33-34H2,1-11H3,(H,75,89)(H,76,87)(H,77,88)(H,78,90)(H,79,85)(H,80,86)(H,81,91)/t46-,58-,59-,60+,61-,62+,63-,64-,65-/m1/s1. The number of benzene rings is 7. The molecule has 0 saturated heterocycles. The summed E-state index contributed by atoms with van der Waals surface area (Å²) in [6.07, 6.45) is -5.27. The van der Waals surface area contributed by atoms with Gasteiger partial charge in [-0.3, -0.25) is 38.9 Å². The number of carbonyl (C=O) groups excluding carboxylic acids is 7. The normalized spacial score (nSPS) is 20.6. The predicted molar refractivity (Wildman–Crippen MR) is 373 cm³/mol. The lowest BCUT2D eigenvalue weighted by molar-refractivity contribution is -0.385. The fourth-order valence-corrected chi connectivity index (χ4v) is 12.5. The Labute approximate surface area is 606 Å². The summed E-state index contributed by atoms with van der Waals surface area (Å²) in [6, 6.07) is 12.4. The summed E-state index contributed by atoms with van der Waals surface area (Å²) >= 11 is 0. The maximum atomic E-state index is 16.4. The van der Waals surface area contributed by atoms with Gasteiger partial charge < -0.3 is 109 Å². The number of hydrogen-bond acceptors (Lipinski definition) is 24. The van der Waals surface area contributed by atoms with Gasteiger partial charge in [0.15, 0.2) is 23.0 Å². The van der Waals surface area contributed by atoms with E-state index in [0.717, 1.165) is 18.2 Å². The van der Waals surface area contributed by atoms with Crippen LogP contribution >= 0.6 is 0 Å². The molecule has 13 rings (SSSR count). The summed E-state index contributed by atoms with van der Waals surface area (Å²) in [6.45, 7) is 6.16. The number of methoxy groups -OCH3 is 7. The van der Waals surface area contributed by atoms with E-state index in [2.05, 4.69) is 37.2 Å². The Hall–Kier alpha value is -12.0. The van der Waals surface area contributed by atoms with Gasteiger partial charge in [0.2, 0.25) is 46.9 Å². The highest BCUT2D eigenvalue weighted by Gasteiger charge is 2.43. The third kappa shape index (κ3) is 16.0. The van der Waals surface area contributed by atoms with E-state index in [-0.39, 0.29) is 129 Å². The number of aliphatic hydroxyl groups is 2. The van der Waals surface area contributed by atoms with Crippen molar-refractivity contribution in [1.82, 2.24) is 37.2 Å². The van der Waals surface area contributed by atoms with Crippen LogP contribution in [0.3, 0.4) is 0 Å². The fraction of sp³-hybridized carbons (Fsp3) is 0.338. The molecular weight excluding hydrogens is 1380 g/mol. The second-order valence-corrected chi connectivity index (χ2v) is 25.6. The fourth-order valence-electron chi connectivity index (χ4n) is 12.5. The number of ether oxygens (including phenoxy) is 13. The summed E-state index contributed by atoms with van der Waals surface area (Å²) in [5.41, 5.74) is -1.59. The third-order valence-corrected chi connectivity index (χ3v) is 17.7. The molecule has 7 amide bonds. The molecule has 7 aromatic rings. The Morgan fingerprint density at radius 2 is 1.08 bits per heavy atom. The monoisotopic (exact) mass is 1460 g/mol. The number of nitro groups is 1. The zero-order chi connectivity index (χ0) is 76.0. The average Bonchev–Trinajstić information content (AvgIpc) is 0.765. The van der Waals surface area contributed by atoms with E-state index in [0.29, 0.717) is 11.1 Å². The number of alkyl carbamates (subject to hydrolysis) is 1. The van der Waals surface area contributed by atoms with Gasteiger partial charge in [-0.1, -0.05) is 30.3 Å². The summed E-state index contributed by atoms with van der Waals surface area (Å²) < 4.78 is 77.4. The first-order valence-corrected chi connectivity index (χ1v) is 33.0. The maximum absolute atomic E-state index is 16.4. The molecule has 558 valence electrons. The minimum Gasteiger partial charge on any atom is -0.497 e. The van der Waals surface area contributed by atoms with Gasteiger partial charge in [0.25, 0.3) is 0 Å². The van der Waals surface area contributed by atoms with Gasteiger partial charge in [0.05, 0.1) is 73.4 Å². The van der Waals surface area contributed by atoms with E-state index in [1.165, 1.54) is 135 Å². The van der Waals surface area contributed by atoms with Crippen LogP contribution in [0.2, 0.25) is 0 Å². The van der Waals surface area contributed by atoms with Crippen LogP contribution in [-0.2, 0) is 47.7 Å². The van der Waals surface area contributed by atoms with Crippen molar-refractivity contribution in [1.29, 1.82) is 0 Å². The van der Waals surface area contributed by atoms with Gasteiger partial charge in [-0.25, -0.2) is 4.79 Å². The highest BCUT2D eigenvalue weighted by atomic mass is 16.7. The molecule has 17 bridgehead atoms. The lowest BCUT2D eigenvalue weighted by atomic mass is 9.89. The minimum atomic E-state index is -2.26. The van der Waals surface area contributed by atoms with Gasteiger partial charge >= 0.3 is 11.8 Å². The van der Waals surface area contributed by atoms with Crippen molar-refractivity contribution in [2.75, 3.05) is 76.4 Å². The topological polar surface area (TPSA) is 407 Å². The Morgan fingerprint density at radius 1 is 0.519 bits per heavy atom. The number of nitro benzene ring substituents is 1. The van der Waals surface area contributed by atoms with Gasteiger partial charge in [0.1, 0.15) is 95.4 Å². The van der Waals surface area contributed by atoms with Gasteiger partial charge in [-0.05, 0) is 139 Å². The van der Waals surface area contributed by atoms with Crippen molar-refractivity contribution in [3.8, 4) is 80.1 Å². The van der Waals surface area contributed by atoms with Crippen molar-refractivity contribution < 1.29 is 110 Å². The molecule has 0 radical (unpaired) electrons. The molecule has 0 unspecified atom stereocenters. The first-order chi connectivity index (χ1) is 50.8. The molecule has 0 aromatic heterocycles.